The predicted molar refractivity (Wildman–Crippen MR) is 82.5 cm³/mol. The minimum atomic E-state index is -0.252. The molecule has 1 aliphatic rings. The highest BCUT2D eigenvalue weighted by atomic mass is 16.5. The third-order valence-electron chi connectivity index (χ3n) is 3.46. The third kappa shape index (κ3) is 4.12. The number of para-hydroxylation sites is 2. The second-order valence-corrected chi connectivity index (χ2v) is 5.77. The van der Waals surface area contributed by atoms with E-state index in [1.165, 1.54) is 5.69 Å². The second kappa shape index (κ2) is 6.95. The standard InChI is InChI=1S/C16H26N2O2/c1-13(2)20-16-7-5-4-6-15(16)18-10-8-17(9-11-18)12-14(3)19/h4-7,13-14,19H,8-12H2,1-3H3. The summed E-state index contributed by atoms with van der Waals surface area (Å²) in [6, 6.07) is 8.25. The lowest BCUT2D eigenvalue weighted by Crippen LogP contribution is -2.48. The van der Waals surface area contributed by atoms with Gasteiger partial charge in [0.05, 0.1) is 17.9 Å². The van der Waals surface area contributed by atoms with Crippen molar-refractivity contribution in [1.82, 2.24) is 4.90 Å². The summed E-state index contributed by atoms with van der Waals surface area (Å²) in [5.74, 6) is 0.964. The van der Waals surface area contributed by atoms with Crippen LogP contribution in [0.4, 0.5) is 5.69 Å². The Morgan fingerprint density at radius 3 is 2.35 bits per heavy atom. The van der Waals surface area contributed by atoms with E-state index in [1.807, 2.05) is 19.1 Å². The fourth-order valence-electron chi connectivity index (χ4n) is 2.62. The largest absolute Gasteiger partial charge is 0.489 e. The van der Waals surface area contributed by atoms with E-state index in [0.29, 0.717) is 0 Å². The van der Waals surface area contributed by atoms with Crippen LogP contribution in [0.5, 0.6) is 5.75 Å². The lowest BCUT2D eigenvalue weighted by Gasteiger charge is -2.37. The molecular weight excluding hydrogens is 252 g/mol. The Morgan fingerprint density at radius 2 is 1.75 bits per heavy atom. The van der Waals surface area contributed by atoms with Crippen molar-refractivity contribution in [1.29, 1.82) is 0 Å². The van der Waals surface area contributed by atoms with Gasteiger partial charge >= 0.3 is 0 Å². The molecule has 0 spiro atoms. The van der Waals surface area contributed by atoms with Gasteiger partial charge < -0.3 is 14.7 Å². The van der Waals surface area contributed by atoms with Gasteiger partial charge in [-0.25, -0.2) is 0 Å². The van der Waals surface area contributed by atoms with Crippen molar-refractivity contribution >= 4 is 5.69 Å². The summed E-state index contributed by atoms with van der Waals surface area (Å²) < 4.78 is 5.89. The van der Waals surface area contributed by atoms with E-state index in [4.69, 9.17) is 4.74 Å². The van der Waals surface area contributed by atoms with E-state index in [9.17, 15) is 5.11 Å². The summed E-state index contributed by atoms with van der Waals surface area (Å²) in [7, 11) is 0. The Hall–Kier alpha value is -1.26. The summed E-state index contributed by atoms with van der Waals surface area (Å²) >= 11 is 0. The van der Waals surface area contributed by atoms with Crippen molar-refractivity contribution in [2.45, 2.75) is 33.0 Å². The van der Waals surface area contributed by atoms with E-state index >= 15 is 0 Å². The molecule has 1 N–H and O–H groups in total. The predicted octanol–water partition coefficient (Wildman–Crippen LogP) is 1.98. The molecule has 1 aromatic rings. The van der Waals surface area contributed by atoms with E-state index < -0.39 is 0 Å². The molecule has 0 radical (unpaired) electrons. The molecule has 1 saturated heterocycles. The fraction of sp³-hybridized carbons (Fsp3) is 0.625. The van der Waals surface area contributed by atoms with E-state index in [2.05, 4.69) is 35.8 Å². The number of benzene rings is 1. The minimum absolute atomic E-state index is 0.188. The number of rotatable bonds is 5. The smallest absolute Gasteiger partial charge is 0.142 e. The molecule has 1 atom stereocenters. The van der Waals surface area contributed by atoms with Crippen LogP contribution in [0.15, 0.2) is 24.3 Å². The Morgan fingerprint density at radius 1 is 1.10 bits per heavy atom. The Bertz CT molecular complexity index is 413. The topological polar surface area (TPSA) is 35.9 Å². The van der Waals surface area contributed by atoms with Crippen molar-refractivity contribution in [3.05, 3.63) is 24.3 Å². The highest BCUT2D eigenvalue weighted by Gasteiger charge is 2.20. The maximum absolute atomic E-state index is 9.46. The molecule has 1 fully saturated rings. The molecule has 0 amide bonds. The number of nitrogens with zero attached hydrogens (tertiary/aromatic N) is 2. The Balaban J connectivity index is 1.99. The highest BCUT2D eigenvalue weighted by Crippen LogP contribution is 2.29. The van der Waals surface area contributed by atoms with Crippen LogP contribution in [0.2, 0.25) is 0 Å². The number of anilines is 1. The van der Waals surface area contributed by atoms with Crippen molar-refractivity contribution in [2.75, 3.05) is 37.6 Å². The van der Waals surface area contributed by atoms with Crippen molar-refractivity contribution in [2.24, 2.45) is 0 Å². The summed E-state index contributed by atoms with van der Waals surface area (Å²) in [5.41, 5.74) is 1.18. The zero-order chi connectivity index (χ0) is 14.5. The van der Waals surface area contributed by atoms with Crippen LogP contribution in [-0.4, -0.2) is 54.9 Å². The molecular formula is C16H26N2O2. The van der Waals surface area contributed by atoms with Crippen LogP contribution in [0, 0.1) is 0 Å². The fourth-order valence-corrected chi connectivity index (χ4v) is 2.62. The van der Waals surface area contributed by atoms with Crippen LogP contribution in [0.3, 0.4) is 0 Å². The lowest BCUT2D eigenvalue weighted by molar-refractivity contribution is 0.122. The van der Waals surface area contributed by atoms with Gasteiger partial charge in [0.1, 0.15) is 5.75 Å². The number of aliphatic hydroxyl groups excluding tert-OH is 1. The van der Waals surface area contributed by atoms with E-state index in [0.717, 1.165) is 38.5 Å². The van der Waals surface area contributed by atoms with Gasteiger partial charge in [0.25, 0.3) is 0 Å². The Kier molecular flexibility index (Phi) is 5.26. The van der Waals surface area contributed by atoms with Crippen LogP contribution in [0.1, 0.15) is 20.8 Å². The molecule has 0 saturated carbocycles. The SMILES string of the molecule is CC(O)CN1CCN(c2ccccc2OC(C)C)CC1. The first-order valence-electron chi connectivity index (χ1n) is 7.47. The van der Waals surface area contributed by atoms with Crippen LogP contribution >= 0.6 is 0 Å². The number of aliphatic hydroxyl groups is 1. The first-order valence-corrected chi connectivity index (χ1v) is 7.47. The molecule has 4 nitrogen and oxygen atoms in total. The van der Waals surface area contributed by atoms with Gasteiger partial charge in [-0.05, 0) is 32.9 Å². The van der Waals surface area contributed by atoms with Crippen molar-refractivity contribution < 1.29 is 9.84 Å². The molecule has 1 unspecified atom stereocenters. The number of β-amino-alcohol motifs (C(OH)–C–C–N with tert-alkyl or cyclic N) is 1. The zero-order valence-electron chi connectivity index (χ0n) is 12.7. The monoisotopic (exact) mass is 278 g/mol. The molecule has 4 heteroatoms. The molecule has 112 valence electrons. The molecule has 20 heavy (non-hydrogen) atoms. The number of ether oxygens (including phenoxy) is 1. The second-order valence-electron chi connectivity index (χ2n) is 5.77. The van der Waals surface area contributed by atoms with Crippen LogP contribution in [0.25, 0.3) is 0 Å². The number of hydrogen-bond donors (Lipinski definition) is 1. The molecule has 0 aromatic heterocycles. The van der Waals surface area contributed by atoms with Gasteiger partial charge in [-0.3, -0.25) is 4.90 Å². The molecule has 0 aliphatic carbocycles. The number of hydrogen-bond acceptors (Lipinski definition) is 4. The first kappa shape index (κ1) is 15.1. The first-order chi connectivity index (χ1) is 9.56. The average Bonchev–Trinajstić information content (AvgIpc) is 2.39. The molecule has 0 bridgehead atoms. The highest BCUT2D eigenvalue weighted by molar-refractivity contribution is 5.58. The van der Waals surface area contributed by atoms with Crippen molar-refractivity contribution in [3.8, 4) is 5.75 Å². The summed E-state index contributed by atoms with van der Waals surface area (Å²) in [5, 5.41) is 9.46. The minimum Gasteiger partial charge on any atom is -0.489 e. The molecule has 1 aromatic carbocycles. The third-order valence-corrected chi connectivity index (χ3v) is 3.46. The van der Waals surface area contributed by atoms with Gasteiger partial charge in [-0.2, -0.15) is 0 Å². The maximum atomic E-state index is 9.46. The van der Waals surface area contributed by atoms with Gasteiger partial charge in [0.2, 0.25) is 0 Å². The molecule has 1 heterocycles. The normalized spacial score (nSPS) is 18.4. The van der Waals surface area contributed by atoms with Crippen molar-refractivity contribution in [3.63, 3.8) is 0 Å². The van der Waals surface area contributed by atoms with Gasteiger partial charge in [0, 0.05) is 32.7 Å². The van der Waals surface area contributed by atoms with E-state index in [-0.39, 0.29) is 12.2 Å². The van der Waals surface area contributed by atoms with Crippen LogP contribution in [-0.2, 0) is 0 Å². The van der Waals surface area contributed by atoms with Gasteiger partial charge in [-0.15, -0.1) is 0 Å². The molecule has 1 aliphatic heterocycles. The number of piperazine rings is 1. The zero-order valence-corrected chi connectivity index (χ0v) is 12.7. The Labute approximate surface area is 122 Å². The lowest BCUT2D eigenvalue weighted by atomic mass is 10.2. The molecule has 2 rings (SSSR count). The van der Waals surface area contributed by atoms with E-state index in [1.54, 1.807) is 0 Å². The summed E-state index contributed by atoms with van der Waals surface area (Å²) in [6.45, 7) is 10.6. The summed E-state index contributed by atoms with van der Waals surface area (Å²) in [6.07, 6.45) is -0.0641. The summed E-state index contributed by atoms with van der Waals surface area (Å²) in [4.78, 5) is 4.68. The van der Waals surface area contributed by atoms with Gasteiger partial charge in [-0.1, -0.05) is 12.1 Å². The van der Waals surface area contributed by atoms with Crippen LogP contribution < -0.4 is 9.64 Å². The maximum Gasteiger partial charge on any atom is 0.142 e. The quantitative estimate of drug-likeness (QED) is 0.893. The average molecular weight is 278 g/mol. The van der Waals surface area contributed by atoms with Gasteiger partial charge in [0.15, 0.2) is 0 Å².